The fourth-order valence-corrected chi connectivity index (χ4v) is 5.53. The van der Waals surface area contributed by atoms with Crippen molar-refractivity contribution in [2.75, 3.05) is 23.7 Å². The number of fused-ring (bicyclic) bond motifs is 1. The first-order valence-electron chi connectivity index (χ1n) is 10.9. The second-order valence-corrected chi connectivity index (χ2v) is 9.70. The molecule has 2 aliphatic heterocycles. The highest BCUT2D eigenvalue weighted by Crippen LogP contribution is 2.34. The zero-order valence-electron chi connectivity index (χ0n) is 18.1. The number of benzene rings is 1. The molecule has 1 unspecified atom stereocenters. The first kappa shape index (κ1) is 21.6. The minimum absolute atomic E-state index is 0.458. The van der Waals surface area contributed by atoms with E-state index in [9.17, 15) is 4.21 Å². The van der Waals surface area contributed by atoms with Gasteiger partial charge in [0.25, 0.3) is 0 Å². The Bertz CT molecular complexity index is 1010. The maximum atomic E-state index is 12.6. The number of hydrogen-bond acceptors (Lipinski definition) is 7. The van der Waals surface area contributed by atoms with Crippen LogP contribution in [-0.2, 0) is 17.2 Å². The van der Waals surface area contributed by atoms with E-state index in [1.165, 1.54) is 17.3 Å². The van der Waals surface area contributed by atoms with Crippen LogP contribution in [-0.4, -0.2) is 50.2 Å². The van der Waals surface area contributed by atoms with Gasteiger partial charge in [0.2, 0.25) is 5.95 Å². The Morgan fingerprint density at radius 2 is 2.00 bits per heavy atom. The summed E-state index contributed by atoms with van der Waals surface area (Å²) in [5.41, 5.74) is 4.14. The third-order valence-corrected chi connectivity index (χ3v) is 7.40. The van der Waals surface area contributed by atoms with Crippen LogP contribution in [0.25, 0.3) is 0 Å². The van der Waals surface area contributed by atoms with E-state index in [2.05, 4.69) is 46.2 Å². The van der Waals surface area contributed by atoms with Crippen molar-refractivity contribution in [1.29, 1.82) is 0 Å². The average molecular weight is 440 g/mol. The summed E-state index contributed by atoms with van der Waals surface area (Å²) in [5.74, 6) is 2.23. The van der Waals surface area contributed by atoms with Gasteiger partial charge in [-0.2, -0.15) is 4.98 Å². The maximum absolute atomic E-state index is 12.6. The number of aromatic nitrogens is 2. The number of aryl methyl sites for hydroxylation is 2. The second kappa shape index (κ2) is 9.68. The smallest absolute Gasteiger partial charge is 0.227 e. The number of aliphatic imine (C=N–C) groups is 1. The Labute approximate surface area is 185 Å². The molecule has 2 aromatic rings. The highest BCUT2D eigenvalue weighted by molar-refractivity contribution is 7.85. The van der Waals surface area contributed by atoms with Gasteiger partial charge < -0.3 is 10.1 Å². The molecule has 0 saturated carbocycles. The summed E-state index contributed by atoms with van der Waals surface area (Å²) in [5, 5.41) is 12.1. The number of hydrogen-bond donors (Lipinski definition) is 1. The van der Waals surface area contributed by atoms with Crippen LogP contribution >= 0.6 is 0 Å². The van der Waals surface area contributed by atoms with Crippen LogP contribution in [0, 0.1) is 6.92 Å². The summed E-state index contributed by atoms with van der Waals surface area (Å²) in [7, 11) is -1.14. The van der Waals surface area contributed by atoms with Gasteiger partial charge in [0.05, 0.1) is 28.4 Å². The summed E-state index contributed by atoms with van der Waals surface area (Å²) in [4.78, 5) is 17.0. The lowest BCUT2D eigenvalue weighted by Crippen LogP contribution is -2.34. The lowest BCUT2D eigenvalue weighted by Gasteiger charge is -2.32. The van der Waals surface area contributed by atoms with Crippen LogP contribution in [0.2, 0.25) is 0 Å². The Balaban J connectivity index is 1.59. The van der Waals surface area contributed by atoms with Crippen molar-refractivity contribution in [3.8, 4) is 0 Å². The van der Waals surface area contributed by atoms with Gasteiger partial charge in [-0.1, -0.05) is 48.3 Å². The van der Waals surface area contributed by atoms with Crippen molar-refractivity contribution in [2.45, 2.75) is 56.8 Å². The van der Waals surface area contributed by atoms with Crippen LogP contribution in [0.1, 0.15) is 55.3 Å². The molecule has 8 heteroatoms. The summed E-state index contributed by atoms with van der Waals surface area (Å²) in [6.45, 7) is 5.91. The number of rotatable bonds is 6. The van der Waals surface area contributed by atoms with Crippen LogP contribution in [0.4, 0.5) is 11.8 Å². The van der Waals surface area contributed by atoms with Crippen molar-refractivity contribution in [2.24, 2.45) is 10.1 Å². The molecule has 0 spiro atoms. The Hall–Kier alpha value is -2.61. The van der Waals surface area contributed by atoms with E-state index in [-0.39, 0.29) is 0 Å². The first-order valence-corrected chi connectivity index (χ1v) is 12.3. The SMILES string of the molecule is CCCC(C=NO)=Nc1nc(N2CCC(c3ccc(C)cc3)CC2)nc2c1S(=O)CC2. The van der Waals surface area contributed by atoms with Gasteiger partial charge in [-0.3, -0.25) is 4.21 Å². The predicted octanol–water partition coefficient (Wildman–Crippen LogP) is 4.17. The third-order valence-electron chi connectivity index (χ3n) is 5.95. The van der Waals surface area contributed by atoms with E-state index in [0.717, 1.165) is 38.0 Å². The van der Waals surface area contributed by atoms with Crippen LogP contribution in [0.15, 0.2) is 39.3 Å². The molecule has 7 nitrogen and oxygen atoms in total. The van der Waals surface area contributed by atoms with E-state index in [4.69, 9.17) is 15.2 Å². The molecule has 0 aliphatic carbocycles. The van der Waals surface area contributed by atoms with Gasteiger partial charge in [0.1, 0.15) is 4.90 Å². The number of anilines is 1. The van der Waals surface area contributed by atoms with Gasteiger partial charge in [-0.25, -0.2) is 9.98 Å². The fraction of sp³-hybridized carbons (Fsp3) is 0.478. The summed E-state index contributed by atoms with van der Waals surface area (Å²) < 4.78 is 12.6. The fourth-order valence-electron chi connectivity index (χ4n) is 4.24. The lowest BCUT2D eigenvalue weighted by molar-refractivity contribution is 0.322. The normalized spacial score (nSPS) is 19.9. The van der Waals surface area contributed by atoms with E-state index >= 15 is 0 Å². The predicted molar refractivity (Wildman–Crippen MR) is 125 cm³/mol. The zero-order chi connectivity index (χ0) is 21.8. The van der Waals surface area contributed by atoms with Crippen molar-refractivity contribution >= 4 is 34.5 Å². The van der Waals surface area contributed by atoms with Crippen LogP contribution in [0.3, 0.4) is 0 Å². The molecule has 0 radical (unpaired) electrons. The molecule has 1 aromatic heterocycles. The molecule has 2 aliphatic rings. The van der Waals surface area contributed by atoms with Crippen molar-refractivity contribution in [3.63, 3.8) is 0 Å². The third kappa shape index (κ3) is 4.84. The zero-order valence-corrected chi connectivity index (χ0v) is 18.9. The van der Waals surface area contributed by atoms with Gasteiger partial charge in [0.15, 0.2) is 5.82 Å². The highest BCUT2D eigenvalue weighted by Gasteiger charge is 2.29. The molecular weight excluding hydrogens is 410 g/mol. The Morgan fingerprint density at radius 1 is 1.26 bits per heavy atom. The highest BCUT2D eigenvalue weighted by atomic mass is 32.2. The van der Waals surface area contributed by atoms with Crippen molar-refractivity contribution in [1.82, 2.24) is 9.97 Å². The second-order valence-electron chi connectivity index (χ2n) is 8.19. The minimum Gasteiger partial charge on any atom is -0.411 e. The molecular formula is C23H29N5O2S. The molecule has 4 rings (SSSR count). The lowest BCUT2D eigenvalue weighted by atomic mass is 9.89. The van der Waals surface area contributed by atoms with E-state index in [1.54, 1.807) is 0 Å². The minimum atomic E-state index is -1.14. The molecule has 1 fully saturated rings. The standard InChI is InChI=1S/C23H29N5O2S/c1-3-4-19(15-24-29)25-22-21-20(11-14-31(21)30)26-23(27-22)28-12-9-18(10-13-28)17-7-5-16(2)6-8-17/h5-8,15,18,29H,3-4,9-14H2,1-2H3. The van der Waals surface area contributed by atoms with Gasteiger partial charge in [-0.05, 0) is 37.7 Å². The van der Waals surface area contributed by atoms with E-state index < -0.39 is 10.8 Å². The number of oxime groups is 1. The molecule has 3 heterocycles. The number of nitrogens with zero attached hydrogens (tertiary/aromatic N) is 5. The Kier molecular flexibility index (Phi) is 6.75. The molecule has 1 saturated heterocycles. The summed E-state index contributed by atoms with van der Waals surface area (Å²) in [6.07, 6.45) is 5.63. The summed E-state index contributed by atoms with van der Waals surface area (Å²) >= 11 is 0. The topological polar surface area (TPSA) is 91.0 Å². The molecule has 0 amide bonds. The number of piperidine rings is 1. The van der Waals surface area contributed by atoms with Crippen LogP contribution in [0.5, 0.6) is 0 Å². The van der Waals surface area contributed by atoms with Gasteiger partial charge >= 0.3 is 0 Å². The molecule has 0 bridgehead atoms. The molecule has 164 valence electrons. The average Bonchev–Trinajstić information content (AvgIpc) is 3.16. The van der Waals surface area contributed by atoms with Gasteiger partial charge in [-0.15, -0.1) is 0 Å². The Morgan fingerprint density at radius 3 is 2.68 bits per heavy atom. The van der Waals surface area contributed by atoms with Crippen LogP contribution < -0.4 is 4.90 Å². The van der Waals surface area contributed by atoms with E-state index in [1.807, 2.05) is 6.92 Å². The largest absolute Gasteiger partial charge is 0.411 e. The monoisotopic (exact) mass is 439 g/mol. The van der Waals surface area contributed by atoms with Gasteiger partial charge in [0, 0.05) is 25.3 Å². The van der Waals surface area contributed by atoms with Crippen molar-refractivity contribution in [3.05, 3.63) is 41.1 Å². The molecule has 31 heavy (non-hydrogen) atoms. The summed E-state index contributed by atoms with van der Waals surface area (Å²) in [6, 6.07) is 8.84. The quantitative estimate of drug-likeness (QED) is 0.414. The maximum Gasteiger partial charge on any atom is 0.227 e. The molecule has 1 aromatic carbocycles. The molecule has 1 N–H and O–H groups in total. The molecule has 1 atom stereocenters. The van der Waals surface area contributed by atoms with E-state index in [0.29, 0.717) is 46.9 Å². The first-order chi connectivity index (χ1) is 15.1. The van der Waals surface area contributed by atoms with Crippen molar-refractivity contribution < 1.29 is 9.42 Å².